The van der Waals surface area contributed by atoms with Crippen molar-refractivity contribution >= 4 is 0 Å². The van der Waals surface area contributed by atoms with Gasteiger partial charge >= 0.3 is 0 Å². The van der Waals surface area contributed by atoms with Crippen LogP contribution in [0.1, 0.15) is 33.1 Å². The fraction of sp³-hybridized carbons (Fsp3) is 0.429. The molecule has 0 heterocycles. The van der Waals surface area contributed by atoms with Crippen molar-refractivity contribution in [1.29, 1.82) is 0 Å². The minimum atomic E-state index is -0.183. The molecule has 0 aliphatic carbocycles. The number of aliphatic hydroxyl groups is 1. The molecule has 0 aliphatic rings. The Kier molecular flexibility index (Phi) is 9.62. The zero-order chi connectivity index (χ0) is 11.4. The lowest BCUT2D eigenvalue weighted by atomic mass is 10.1. The van der Waals surface area contributed by atoms with Gasteiger partial charge in [0.15, 0.2) is 0 Å². The van der Waals surface area contributed by atoms with Crippen LogP contribution in [0.3, 0.4) is 0 Å². The predicted molar refractivity (Wildman–Crippen MR) is 65.0 cm³/mol. The highest BCUT2D eigenvalue weighted by molar-refractivity contribution is 5.33. The summed E-state index contributed by atoms with van der Waals surface area (Å²) in [6.45, 7) is 3.89. The topological polar surface area (TPSA) is 20.2 Å². The lowest BCUT2D eigenvalue weighted by Crippen LogP contribution is -2.02. The summed E-state index contributed by atoms with van der Waals surface area (Å²) in [7, 11) is 0. The third-order valence-corrected chi connectivity index (χ3v) is 1.80. The van der Waals surface area contributed by atoms with E-state index >= 15 is 0 Å². The Hall–Kier alpha value is -1.44. The Morgan fingerprint density at radius 1 is 1.20 bits per heavy atom. The lowest BCUT2D eigenvalue weighted by molar-refractivity contribution is 0.161. The van der Waals surface area contributed by atoms with E-state index in [9.17, 15) is 5.11 Å². The van der Waals surface area contributed by atoms with Crippen LogP contribution in [0, 0.1) is 23.7 Å². The summed E-state index contributed by atoms with van der Waals surface area (Å²) < 4.78 is 0. The van der Waals surface area contributed by atoms with Crippen LogP contribution in [0.2, 0.25) is 0 Å². The summed E-state index contributed by atoms with van der Waals surface area (Å²) in [6, 6.07) is 0. The molecule has 1 nitrogen and oxygen atoms in total. The first-order chi connectivity index (χ1) is 7.31. The summed E-state index contributed by atoms with van der Waals surface area (Å²) in [4.78, 5) is 0. The monoisotopic (exact) mass is 202 g/mol. The molecule has 0 amide bonds. The molecule has 1 unspecified atom stereocenters. The first-order valence-electron chi connectivity index (χ1n) is 5.26. The summed E-state index contributed by atoms with van der Waals surface area (Å²) in [5, 5.41) is 9.26. The summed E-state index contributed by atoms with van der Waals surface area (Å²) >= 11 is 0. The van der Waals surface area contributed by atoms with Gasteiger partial charge in [-0.15, -0.1) is 0 Å². The Morgan fingerprint density at radius 3 is 2.47 bits per heavy atom. The zero-order valence-corrected chi connectivity index (χ0v) is 9.46. The average Bonchev–Trinajstić information content (AvgIpc) is 2.26. The summed E-state index contributed by atoms with van der Waals surface area (Å²) in [5.74, 6) is 11.0. The smallest absolute Gasteiger partial charge is 0.0540 e. The molecule has 1 heteroatoms. The van der Waals surface area contributed by atoms with E-state index in [2.05, 4.69) is 23.7 Å². The maximum absolute atomic E-state index is 9.26. The summed E-state index contributed by atoms with van der Waals surface area (Å²) in [5.41, 5.74) is 0. The normalized spacial score (nSPS) is 11.9. The Balaban J connectivity index is 3.67. The van der Waals surface area contributed by atoms with Crippen molar-refractivity contribution in [3.8, 4) is 23.7 Å². The van der Waals surface area contributed by atoms with Gasteiger partial charge in [-0.2, -0.15) is 0 Å². The third-order valence-electron chi connectivity index (χ3n) is 1.80. The maximum atomic E-state index is 9.26. The Bertz CT molecular complexity index is 315. The SMILES string of the molecule is CC=CC#CC#CC=CCCC(O)CC. The zero-order valence-electron chi connectivity index (χ0n) is 9.46. The molecule has 0 aromatic heterocycles. The van der Waals surface area contributed by atoms with Crippen molar-refractivity contribution in [2.45, 2.75) is 39.2 Å². The summed E-state index contributed by atoms with van der Waals surface area (Å²) in [6.07, 6.45) is 9.68. The van der Waals surface area contributed by atoms with Crippen LogP contribution in [-0.4, -0.2) is 11.2 Å². The van der Waals surface area contributed by atoms with Gasteiger partial charge in [0.25, 0.3) is 0 Å². The predicted octanol–water partition coefficient (Wildman–Crippen LogP) is 2.68. The van der Waals surface area contributed by atoms with E-state index in [4.69, 9.17) is 0 Å². The van der Waals surface area contributed by atoms with Crippen molar-refractivity contribution in [3.63, 3.8) is 0 Å². The van der Waals surface area contributed by atoms with Crippen molar-refractivity contribution in [1.82, 2.24) is 0 Å². The second kappa shape index (κ2) is 10.6. The van der Waals surface area contributed by atoms with Gasteiger partial charge in [-0.05, 0) is 50.2 Å². The lowest BCUT2D eigenvalue weighted by Gasteiger charge is -2.02. The van der Waals surface area contributed by atoms with Crippen LogP contribution < -0.4 is 0 Å². The minimum Gasteiger partial charge on any atom is -0.393 e. The molecular weight excluding hydrogens is 184 g/mol. The van der Waals surface area contributed by atoms with Gasteiger partial charge in [0.1, 0.15) is 0 Å². The molecule has 0 radical (unpaired) electrons. The number of hydrogen-bond acceptors (Lipinski definition) is 1. The number of allylic oxidation sites excluding steroid dienone is 4. The maximum Gasteiger partial charge on any atom is 0.0540 e. The molecule has 0 aliphatic heterocycles. The van der Waals surface area contributed by atoms with Crippen molar-refractivity contribution in [3.05, 3.63) is 24.3 Å². The molecule has 1 N–H and O–H groups in total. The first kappa shape index (κ1) is 13.6. The number of hydrogen-bond donors (Lipinski definition) is 1. The fourth-order valence-corrected chi connectivity index (χ4v) is 0.874. The standard InChI is InChI=1S/C14H18O/c1-3-5-6-7-8-9-10-11-12-13-14(15)4-2/h3,5,10-11,14-15H,4,12-13H2,1-2H3. The van der Waals surface area contributed by atoms with Crippen LogP contribution in [0.15, 0.2) is 24.3 Å². The van der Waals surface area contributed by atoms with Gasteiger partial charge in [0.2, 0.25) is 0 Å². The van der Waals surface area contributed by atoms with E-state index in [1.165, 1.54) is 0 Å². The van der Waals surface area contributed by atoms with Gasteiger partial charge in [-0.25, -0.2) is 0 Å². The first-order valence-corrected chi connectivity index (χ1v) is 5.26. The average molecular weight is 202 g/mol. The van der Waals surface area contributed by atoms with E-state index in [1.54, 1.807) is 12.2 Å². The Morgan fingerprint density at radius 2 is 1.87 bits per heavy atom. The molecular formula is C14H18O. The molecule has 0 spiro atoms. The molecule has 0 saturated heterocycles. The molecule has 0 bridgehead atoms. The van der Waals surface area contributed by atoms with Crippen molar-refractivity contribution in [2.24, 2.45) is 0 Å². The third kappa shape index (κ3) is 10.5. The quantitative estimate of drug-likeness (QED) is 0.695. The van der Waals surface area contributed by atoms with E-state index < -0.39 is 0 Å². The molecule has 1 atom stereocenters. The van der Waals surface area contributed by atoms with Crippen LogP contribution in [0.4, 0.5) is 0 Å². The Labute approximate surface area is 92.9 Å². The van der Waals surface area contributed by atoms with Gasteiger partial charge in [0.05, 0.1) is 6.10 Å². The van der Waals surface area contributed by atoms with Gasteiger partial charge in [-0.3, -0.25) is 0 Å². The highest BCUT2D eigenvalue weighted by Gasteiger charge is 1.96. The van der Waals surface area contributed by atoms with Crippen LogP contribution in [-0.2, 0) is 0 Å². The van der Waals surface area contributed by atoms with Gasteiger partial charge in [0, 0.05) is 0 Å². The highest BCUT2D eigenvalue weighted by Crippen LogP contribution is 2.00. The molecule has 0 aromatic rings. The van der Waals surface area contributed by atoms with Crippen LogP contribution in [0.5, 0.6) is 0 Å². The van der Waals surface area contributed by atoms with E-state index in [-0.39, 0.29) is 6.10 Å². The molecule has 15 heavy (non-hydrogen) atoms. The fourth-order valence-electron chi connectivity index (χ4n) is 0.874. The molecule has 80 valence electrons. The van der Waals surface area contributed by atoms with Crippen LogP contribution in [0.25, 0.3) is 0 Å². The molecule has 0 rings (SSSR count). The van der Waals surface area contributed by atoms with E-state index in [0.29, 0.717) is 0 Å². The molecule has 0 fully saturated rings. The van der Waals surface area contributed by atoms with Crippen molar-refractivity contribution in [2.75, 3.05) is 0 Å². The second-order valence-corrected chi connectivity index (χ2v) is 3.08. The van der Waals surface area contributed by atoms with E-state index in [1.807, 2.05) is 26.0 Å². The molecule has 0 saturated carbocycles. The van der Waals surface area contributed by atoms with Crippen molar-refractivity contribution < 1.29 is 5.11 Å². The number of aliphatic hydroxyl groups excluding tert-OH is 1. The second-order valence-electron chi connectivity index (χ2n) is 3.08. The van der Waals surface area contributed by atoms with E-state index in [0.717, 1.165) is 19.3 Å². The van der Waals surface area contributed by atoms with Gasteiger partial charge < -0.3 is 5.11 Å². The van der Waals surface area contributed by atoms with Crippen LogP contribution >= 0.6 is 0 Å². The largest absolute Gasteiger partial charge is 0.393 e. The van der Waals surface area contributed by atoms with Gasteiger partial charge in [-0.1, -0.05) is 30.9 Å². The minimum absolute atomic E-state index is 0.183. The number of rotatable bonds is 4. The molecule has 0 aromatic carbocycles. The highest BCUT2D eigenvalue weighted by atomic mass is 16.3.